The van der Waals surface area contributed by atoms with Crippen LogP contribution in [0.1, 0.15) is 56.0 Å². The minimum Gasteiger partial charge on any atom is -0.308 e. The number of rotatable bonds is 7. The Hall–Kier alpha value is -1.19. The molecule has 0 saturated heterocycles. The molecule has 0 aliphatic rings. The lowest BCUT2D eigenvalue weighted by Gasteiger charge is -2.17. The summed E-state index contributed by atoms with van der Waals surface area (Å²) in [6.07, 6.45) is 2.15. The third-order valence-corrected chi connectivity index (χ3v) is 4.14. The molecule has 0 radical (unpaired) electrons. The van der Waals surface area contributed by atoms with Crippen molar-refractivity contribution in [1.82, 2.24) is 10.3 Å². The summed E-state index contributed by atoms with van der Waals surface area (Å²) < 4.78 is 0. The Morgan fingerprint density at radius 2 is 1.95 bits per heavy atom. The summed E-state index contributed by atoms with van der Waals surface area (Å²) in [5.74, 6) is 0.594. The molecule has 2 nitrogen and oxygen atoms in total. The van der Waals surface area contributed by atoms with Gasteiger partial charge in [0.15, 0.2) is 0 Å². The monoisotopic (exact) mass is 288 g/mol. The van der Waals surface area contributed by atoms with Gasteiger partial charge in [-0.1, -0.05) is 45.0 Å². The van der Waals surface area contributed by atoms with Crippen molar-refractivity contribution in [2.75, 3.05) is 6.54 Å². The highest BCUT2D eigenvalue weighted by molar-refractivity contribution is 7.07. The van der Waals surface area contributed by atoms with Crippen LogP contribution in [0.15, 0.2) is 35.2 Å². The zero-order valence-corrected chi connectivity index (χ0v) is 13.4. The van der Waals surface area contributed by atoms with Crippen LogP contribution >= 0.6 is 11.3 Å². The van der Waals surface area contributed by atoms with Crippen molar-refractivity contribution in [3.63, 3.8) is 0 Å². The second-order valence-electron chi connectivity index (χ2n) is 5.52. The van der Waals surface area contributed by atoms with Gasteiger partial charge in [-0.25, -0.2) is 4.98 Å². The summed E-state index contributed by atoms with van der Waals surface area (Å²) in [5, 5.41) is 5.75. The van der Waals surface area contributed by atoms with Crippen molar-refractivity contribution in [3.8, 4) is 0 Å². The summed E-state index contributed by atoms with van der Waals surface area (Å²) in [4.78, 5) is 4.47. The lowest BCUT2D eigenvalue weighted by Crippen LogP contribution is -2.24. The fourth-order valence-electron chi connectivity index (χ4n) is 2.27. The molecule has 0 amide bonds. The van der Waals surface area contributed by atoms with E-state index in [-0.39, 0.29) is 0 Å². The molecule has 1 aromatic heterocycles. The van der Waals surface area contributed by atoms with Crippen molar-refractivity contribution < 1.29 is 0 Å². The van der Waals surface area contributed by atoms with Crippen LogP contribution < -0.4 is 5.32 Å². The number of nitrogens with zero attached hydrogens (tertiary/aromatic N) is 1. The number of hydrogen-bond acceptors (Lipinski definition) is 3. The molecule has 1 atom stereocenters. The van der Waals surface area contributed by atoms with Gasteiger partial charge in [-0.2, -0.15) is 0 Å². The first-order valence-corrected chi connectivity index (χ1v) is 8.35. The van der Waals surface area contributed by atoms with E-state index in [0.717, 1.165) is 25.1 Å². The molecule has 0 fully saturated rings. The Balaban J connectivity index is 2.07. The van der Waals surface area contributed by atoms with E-state index in [1.165, 1.54) is 11.1 Å². The Morgan fingerprint density at radius 1 is 1.20 bits per heavy atom. The quantitative estimate of drug-likeness (QED) is 0.808. The smallest absolute Gasteiger partial charge is 0.0795 e. The van der Waals surface area contributed by atoms with E-state index in [4.69, 9.17) is 0 Å². The first-order chi connectivity index (χ1) is 9.70. The van der Waals surface area contributed by atoms with Crippen LogP contribution in [0.5, 0.6) is 0 Å². The Kier molecular flexibility index (Phi) is 5.74. The third-order valence-electron chi connectivity index (χ3n) is 3.54. The predicted molar refractivity (Wildman–Crippen MR) is 87.4 cm³/mol. The average Bonchev–Trinajstić information content (AvgIpc) is 2.98. The van der Waals surface area contributed by atoms with Gasteiger partial charge in [0, 0.05) is 5.38 Å². The number of hydrogen-bond donors (Lipinski definition) is 1. The largest absolute Gasteiger partial charge is 0.308 e. The molecular formula is C17H24N2S. The summed E-state index contributed by atoms with van der Waals surface area (Å²) in [6.45, 7) is 7.70. The van der Waals surface area contributed by atoms with E-state index in [9.17, 15) is 0 Å². The van der Waals surface area contributed by atoms with Crippen LogP contribution in [0.3, 0.4) is 0 Å². The zero-order chi connectivity index (χ0) is 14.4. The summed E-state index contributed by atoms with van der Waals surface area (Å²) in [6, 6.07) is 9.33. The standard InChI is InChI=1S/C17H24N2S/c1-4-9-18-16(17-11-20-12-19-17)10-14-5-7-15(8-6-14)13(2)3/h5-8,11-13,16,18H,4,9-10H2,1-3H3. The first kappa shape index (κ1) is 15.2. The van der Waals surface area contributed by atoms with Gasteiger partial charge < -0.3 is 5.32 Å². The Morgan fingerprint density at radius 3 is 2.50 bits per heavy atom. The molecule has 0 spiro atoms. The summed E-state index contributed by atoms with van der Waals surface area (Å²) in [7, 11) is 0. The van der Waals surface area contributed by atoms with Crippen molar-refractivity contribution in [3.05, 3.63) is 52.0 Å². The topological polar surface area (TPSA) is 24.9 Å². The molecule has 1 heterocycles. The molecular weight excluding hydrogens is 264 g/mol. The molecule has 1 aromatic carbocycles. The molecule has 3 heteroatoms. The van der Waals surface area contributed by atoms with E-state index in [1.54, 1.807) is 11.3 Å². The Bertz CT molecular complexity index is 488. The predicted octanol–water partition coefficient (Wildman–Crippen LogP) is 4.55. The average molecular weight is 288 g/mol. The van der Waals surface area contributed by atoms with E-state index in [0.29, 0.717) is 12.0 Å². The summed E-state index contributed by atoms with van der Waals surface area (Å²) in [5.41, 5.74) is 5.85. The van der Waals surface area contributed by atoms with E-state index >= 15 is 0 Å². The highest BCUT2D eigenvalue weighted by atomic mass is 32.1. The molecule has 0 aliphatic heterocycles. The molecule has 1 N–H and O–H groups in total. The second kappa shape index (κ2) is 7.55. The van der Waals surface area contributed by atoms with Gasteiger partial charge >= 0.3 is 0 Å². The molecule has 2 aromatic rings. The minimum absolute atomic E-state index is 0.325. The maximum absolute atomic E-state index is 4.47. The van der Waals surface area contributed by atoms with E-state index in [1.807, 2.05) is 5.51 Å². The van der Waals surface area contributed by atoms with Gasteiger partial charge in [0.25, 0.3) is 0 Å². The van der Waals surface area contributed by atoms with Crippen LogP contribution in [0.4, 0.5) is 0 Å². The van der Waals surface area contributed by atoms with Gasteiger partial charge in [0.2, 0.25) is 0 Å². The maximum Gasteiger partial charge on any atom is 0.0795 e. The SMILES string of the molecule is CCCNC(Cc1ccc(C(C)C)cc1)c1cscn1. The Labute approximate surface area is 126 Å². The van der Waals surface area contributed by atoms with Gasteiger partial charge in [0.1, 0.15) is 0 Å². The first-order valence-electron chi connectivity index (χ1n) is 7.41. The van der Waals surface area contributed by atoms with Crippen LogP contribution in [0.25, 0.3) is 0 Å². The fraction of sp³-hybridized carbons (Fsp3) is 0.471. The normalized spacial score (nSPS) is 12.8. The van der Waals surface area contributed by atoms with Crippen LogP contribution in [0, 0.1) is 0 Å². The highest BCUT2D eigenvalue weighted by Gasteiger charge is 2.13. The van der Waals surface area contributed by atoms with Crippen molar-refractivity contribution in [2.24, 2.45) is 0 Å². The van der Waals surface area contributed by atoms with Gasteiger partial charge in [0.05, 0.1) is 17.2 Å². The zero-order valence-electron chi connectivity index (χ0n) is 12.6. The number of aromatic nitrogens is 1. The van der Waals surface area contributed by atoms with Crippen LogP contribution in [-0.2, 0) is 6.42 Å². The van der Waals surface area contributed by atoms with Crippen LogP contribution in [0.2, 0.25) is 0 Å². The molecule has 0 bridgehead atoms. The number of benzene rings is 1. The number of nitrogens with one attached hydrogen (secondary N) is 1. The fourth-order valence-corrected chi connectivity index (χ4v) is 2.88. The van der Waals surface area contributed by atoms with Crippen molar-refractivity contribution >= 4 is 11.3 Å². The lowest BCUT2D eigenvalue weighted by atomic mass is 9.98. The molecule has 0 aliphatic carbocycles. The summed E-state index contributed by atoms with van der Waals surface area (Å²) >= 11 is 1.67. The van der Waals surface area contributed by atoms with Crippen molar-refractivity contribution in [1.29, 1.82) is 0 Å². The van der Waals surface area contributed by atoms with E-state index < -0.39 is 0 Å². The lowest BCUT2D eigenvalue weighted by molar-refractivity contribution is 0.520. The van der Waals surface area contributed by atoms with E-state index in [2.05, 4.69) is 60.7 Å². The van der Waals surface area contributed by atoms with Crippen molar-refractivity contribution in [2.45, 2.75) is 45.6 Å². The molecule has 1 unspecified atom stereocenters. The molecule has 2 rings (SSSR count). The molecule has 0 saturated carbocycles. The molecule has 20 heavy (non-hydrogen) atoms. The van der Waals surface area contributed by atoms with Crippen LogP contribution in [-0.4, -0.2) is 11.5 Å². The number of thiazole rings is 1. The maximum atomic E-state index is 4.47. The van der Waals surface area contributed by atoms with Gasteiger partial charge in [-0.05, 0) is 36.4 Å². The van der Waals surface area contributed by atoms with Gasteiger partial charge in [-0.15, -0.1) is 11.3 Å². The minimum atomic E-state index is 0.325. The third kappa shape index (κ3) is 4.15. The highest BCUT2D eigenvalue weighted by Crippen LogP contribution is 2.21. The van der Waals surface area contributed by atoms with Gasteiger partial charge in [-0.3, -0.25) is 0 Å². The molecule has 108 valence electrons. The second-order valence-corrected chi connectivity index (χ2v) is 6.24.